The molecule has 0 saturated heterocycles. The number of thioether (sulfide) groups is 1. The molecule has 1 rings (SSSR count). The molecule has 6 nitrogen and oxygen atoms in total. The van der Waals surface area contributed by atoms with Gasteiger partial charge in [-0.15, -0.1) is 0 Å². The van der Waals surface area contributed by atoms with Crippen LogP contribution < -0.4 is 14.8 Å². The Balaban J connectivity index is 2.91. The van der Waals surface area contributed by atoms with Crippen LogP contribution in [0.15, 0.2) is 18.2 Å². The van der Waals surface area contributed by atoms with Crippen molar-refractivity contribution in [1.29, 1.82) is 0 Å². The molecule has 0 aliphatic carbocycles. The van der Waals surface area contributed by atoms with Crippen LogP contribution in [-0.4, -0.2) is 51.3 Å². The van der Waals surface area contributed by atoms with Crippen molar-refractivity contribution in [3.63, 3.8) is 0 Å². The van der Waals surface area contributed by atoms with E-state index in [4.69, 9.17) is 14.2 Å². The molecule has 1 aromatic carbocycles. The van der Waals surface area contributed by atoms with Gasteiger partial charge in [-0.3, -0.25) is 4.79 Å². The molecule has 1 amide bonds. The maximum atomic E-state index is 12.4. The third kappa shape index (κ3) is 4.84. The van der Waals surface area contributed by atoms with Gasteiger partial charge in [-0.2, -0.15) is 11.8 Å². The number of carbonyl (C=O) groups is 2. The Morgan fingerprint density at radius 1 is 1.23 bits per heavy atom. The highest BCUT2D eigenvalue weighted by Crippen LogP contribution is 2.24. The van der Waals surface area contributed by atoms with E-state index in [0.29, 0.717) is 23.5 Å². The zero-order valence-electron chi connectivity index (χ0n) is 13.2. The third-order valence-electron chi connectivity index (χ3n) is 3.05. The number of benzene rings is 1. The van der Waals surface area contributed by atoms with Crippen LogP contribution in [0.5, 0.6) is 11.5 Å². The van der Waals surface area contributed by atoms with E-state index in [9.17, 15) is 9.59 Å². The first-order valence-electron chi connectivity index (χ1n) is 6.67. The number of ether oxygens (including phenoxy) is 3. The van der Waals surface area contributed by atoms with Gasteiger partial charge in [0.25, 0.3) is 5.91 Å². The van der Waals surface area contributed by atoms with Gasteiger partial charge < -0.3 is 19.5 Å². The average Bonchev–Trinajstić information content (AvgIpc) is 2.56. The number of esters is 1. The molecular formula is C15H21NO5S. The zero-order chi connectivity index (χ0) is 16.5. The van der Waals surface area contributed by atoms with Gasteiger partial charge in [0.05, 0.1) is 26.9 Å². The van der Waals surface area contributed by atoms with Crippen LogP contribution in [0, 0.1) is 0 Å². The van der Waals surface area contributed by atoms with Crippen molar-refractivity contribution in [1.82, 2.24) is 5.32 Å². The second-order valence-corrected chi connectivity index (χ2v) is 5.38. The minimum Gasteiger partial charge on any atom is -0.497 e. The highest BCUT2D eigenvalue weighted by atomic mass is 32.2. The molecule has 0 spiro atoms. The molecule has 0 fully saturated rings. The molecule has 1 N–H and O–H groups in total. The fraction of sp³-hybridized carbons (Fsp3) is 0.467. The maximum Gasteiger partial charge on any atom is 0.328 e. The van der Waals surface area contributed by atoms with E-state index >= 15 is 0 Å². The lowest BCUT2D eigenvalue weighted by atomic mass is 10.1. The largest absolute Gasteiger partial charge is 0.497 e. The molecule has 0 radical (unpaired) electrons. The van der Waals surface area contributed by atoms with Crippen molar-refractivity contribution in [2.45, 2.75) is 12.5 Å². The summed E-state index contributed by atoms with van der Waals surface area (Å²) in [6, 6.07) is 4.18. The van der Waals surface area contributed by atoms with Crippen LogP contribution in [-0.2, 0) is 9.53 Å². The summed E-state index contributed by atoms with van der Waals surface area (Å²) < 4.78 is 15.0. The first-order valence-corrected chi connectivity index (χ1v) is 8.06. The third-order valence-corrected chi connectivity index (χ3v) is 3.70. The summed E-state index contributed by atoms with van der Waals surface area (Å²) in [5.74, 6) is 0.844. The van der Waals surface area contributed by atoms with Gasteiger partial charge in [0.2, 0.25) is 0 Å². The van der Waals surface area contributed by atoms with Crippen LogP contribution in [0.2, 0.25) is 0 Å². The Hall–Kier alpha value is -1.89. The van der Waals surface area contributed by atoms with E-state index in [1.807, 2.05) is 6.26 Å². The predicted molar refractivity (Wildman–Crippen MR) is 85.8 cm³/mol. The summed E-state index contributed by atoms with van der Waals surface area (Å²) >= 11 is 1.59. The van der Waals surface area contributed by atoms with Crippen molar-refractivity contribution in [2.75, 3.05) is 33.3 Å². The topological polar surface area (TPSA) is 73.9 Å². The molecule has 0 aliphatic rings. The van der Waals surface area contributed by atoms with Crippen molar-refractivity contribution in [2.24, 2.45) is 0 Å². The van der Waals surface area contributed by atoms with E-state index in [2.05, 4.69) is 5.32 Å². The molecule has 0 unspecified atom stereocenters. The molecule has 0 aromatic heterocycles. The highest BCUT2D eigenvalue weighted by Gasteiger charge is 2.23. The van der Waals surface area contributed by atoms with Crippen LogP contribution in [0.1, 0.15) is 16.8 Å². The fourth-order valence-electron chi connectivity index (χ4n) is 1.85. The summed E-state index contributed by atoms with van der Waals surface area (Å²) in [5.41, 5.74) is 0.335. The number of carbonyl (C=O) groups excluding carboxylic acids is 2. The summed E-state index contributed by atoms with van der Waals surface area (Å²) in [6.45, 7) is 0. The molecule has 0 aliphatic heterocycles. The number of hydrogen-bond donors (Lipinski definition) is 1. The Morgan fingerprint density at radius 3 is 2.50 bits per heavy atom. The average molecular weight is 327 g/mol. The lowest BCUT2D eigenvalue weighted by Gasteiger charge is -2.17. The lowest BCUT2D eigenvalue weighted by molar-refractivity contribution is -0.142. The summed E-state index contributed by atoms with van der Waals surface area (Å²) in [5, 5.41) is 2.68. The summed E-state index contributed by atoms with van der Waals surface area (Å²) in [7, 11) is 4.30. The Kier molecular flexibility index (Phi) is 7.59. The van der Waals surface area contributed by atoms with Gasteiger partial charge >= 0.3 is 5.97 Å². The SMILES string of the molecule is COC(=O)[C@H](CCSC)NC(=O)c1ccc(OC)cc1OC. The summed E-state index contributed by atoms with van der Waals surface area (Å²) in [4.78, 5) is 24.1. The van der Waals surface area contributed by atoms with Crippen LogP contribution >= 0.6 is 11.8 Å². The van der Waals surface area contributed by atoms with Gasteiger partial charge in [0.15, 0.2) is 0 Å². The maximum absolute atomic E-state index is 12.4. The molecule has 0 bridgehead atoms. The molecule has 0 heterocycles. The van der Waals surface area contributed by atoms with Crippen molar-refractivity contribution >= 4 is 23.6 Å². The standard InChI is InChI=1S/C15H21NO5S/c1-19-10-5-6-11(13(9-10)20-2)14(17)16-12(7-8-22-4)15(18)21-3/h5-6,9,12H,7-8H2,1-4H3,(H,16,17)/t12-/m0/s1. The van der Waals surface area contributed by atoms with E-state index < -0.39 is 17.9 Å². The minimum absolute atomic E-state index is 0.335. The van der Waals surface area contributed by atoms with Gasteiger partial charge in [0, 0.05) is 6.07 Å². The quantitative estimate of drug-likeness (QED) is 0.733. The second kappa shape index (κ2) is 9.19. The predicted octanol–water partition coefficient (Wildman–Crippen LogP) is 1.73. The smallest absolute Gasteiger partial charge is 0.328 e. The fourth-order valence-corrected chi connectivity index (χ4v) is 2.32. The lowest BCUT2D eigenvalue weighted by Crippen LogP contribution is -2.42. The van der Waals surface area contributed by atoms with Crippen LogP contribution in [0.25, 0.3) is 0 Å². The summed E-state index contributed by atoms with van der Waals surface area (Å²) in [6.07, 6.45) is 2.43. The highest BCUT2D eigenvalue weighted by molar-refractivity contribution is 7.98. The Labute approximate surface area is 134 Å². The molecule has 1 aromatic rings. The number of hydrogen-bond acceptors (Lipinski definition) is 6. The van der Waals surface area contributed by atoms with Crippen molar-refractivity contribution in [3.8, 4) is 11.5 Å². The number of rotatable bonds is 8. The molecular weight excluding hydrogens is 306 g/mol. The van der Waals surface area contributed by atoms with Gasteiger partial charge in [0.1, 0.15) is 17.5 Å². The first-order chi connectivity index (χ1) is 10.6. The second-order valence-electron chi connectivity index (χ2n) is 4.40. The molecule has 7 heteroatoms. The number of amides is 1. The van der Waals surface area contributed by atoms with E-state index in [1.54, 1.807) is 30.0 Å². The van der Waals surface area contributed by atoms with Gasteiger partial charge in [-0.1, -0.05) is 0 Å². The molecule has 1 atom stereocenters. The van der Waals surface area contributed by atoms with Crippen LogP contribution in [0.4, 0.5) is 0 Å². The first kappa shape index (κ1) is 18.2. The normalized spacial score (nSPS) is 11.5. The monoisotopic (exact) mass is 327 g/mol. The van der Waals surface area contributed by atoms with E-state index in [-0.39, 0.29) is 0 Å². The number of nitrogens with one attached hydrogen (secondary N) is 1. The van der Waals surface area contributed by atoms with Crippen molar-refractivity contribution < 1.29 is 23.8 Å². The Morgan fingerprint density at radius 2 is 1.95 bits per heavy atom. The molecule has 22 heavy (non-hydrogen) atoms. The van der Waals surface area contributed by atoms with E-state index in [1.165, 1.54) is 21.3 Å². The van der Waals surface area contributed by atoms with Crippen molar-refractivity contribution in [3.05, 3.63) is 23.8 Å². The van der Waals surface area contributed by atoms with Gasteiger partial charge in [-0.05, 0) is 30.6 Å². The zero-order valence-corrected chi connectivity index (χ0v) is 14.0. The van der Waals surface area contributed by atoms with E-state index in [0.717, 1.165) is 5.75 Å². The molecule has 0 saturated carbocycles. The van der Waals surface area contributed by atoms with Crippen LogP contribution in [0.3, 0.4) is 0 Å². The Bertz CT molecular complexity index is 521. The van der Waals surface area contributed by atoms with Gasteiger partial charge in [-0.25, -0.2) is 4.79 Å². The number of methoxy groups -OCH3 is 3. The minimum atomic E-state index is -0.684. The molecule has 122 valence electrons.